The molecule has 2 aromatic carbocycles. The highest BCUT2D eigenvalue weighted by Crippen LogP contribution is 2.23. The van der Waals surface area contributed by atoms with Crippen molar-refractivity contribution in [2.24, 2.45) is 0 Å². The van der Waals surface area contributed by atoms with Gasteiger partial charge in [-0.15, -0.1) is 0 Å². The van der Waals surface area contributed by atoms with Crippen molar-refractivity contribution in [2.45, 2.75) is 26.3 Å². The number of hydrogen-bond acceptors (Lipinski definition) is 1. The van der Waals surface area contributed by atoms with Gasteiger partial charge in [-0.1, -0.05) is 36.7 Å². The fourth-order valence-corrected chi connectivity index (χ4v) is 2.54. The normalized spacial score (nSPS) is 12.4. The molecule has 112 valence electrons. The molecule has 2 aromatic rings. The lowest BCUT2D eigenvalue weighted by atomic mass is 9.97. The summed E-state index contributed by atoms with van der Waals surface area (Å²) in [4.78, 5) is 0. The van der Waals surface area contributed by atoms with Crippen LogP contribution >= 0.6 is 11.6 Å². The Morgan fingerprint density at radius 1 is 1.10 bits per heavy atom. The van der Waals surface area contributed by atoms with Crippen LogP contribution in [0.5, 0.6) is 0 Å². The van der Waals surface area contributed by atoms with Crippen LogP contribution in [0.25, 0.3) is 0 Å². The van der Waals surface area contributed by atoms with Gasteiger partial charge < -0.3 is 5.32 Å². The molecule has 0 aromatic heterocycles. The summed E-state index contributed by atoms with van der Waals surface area (Å²) in [7, 11) is 0. The van der Waals surface area contributed by atoms with E-state index in [1.807, 2.05) is 13.0 Å². The number of benzene rings is 2. The minimum Gasteiger partial charge on any atom is -0.310 e. The lowest BCUT2D eigenvalue weighted by Gasteiger charge is -2.19. The van der Waals surface area contributed by atoms with E-state index in [0.717, 1.165) is 17.7 Å². The van der Waals surface area contributed by atoms with Crippen LogP contribution in [-0.4, -0.2) is 6.54 Å². The molecular formula is C17H18ClF2N. The van der Waals surface area contributed by atoms with Crippen LogP contribution < -0.4 is 5.32 Å². The molecule has 0 aliphatic heterocycles. The molecule has 1 atom stereocenters. The largest absolute Gasteiger partial charge is 0.310 e. The van der Waals surface area contributed by atoms with Gasteiger partial charge in [-0.05, 0) is 54.8 Å². The second kappa shape index (κ2) is 7.01. The highest BCUT2D eigenvalue weighted by molar-refractivity contribution is 6.30. The molecule has 2 rings (SSSR count). The van der Waals surface area contributed by atoms with E-state index in [1.165, 1.54) is 12.1 Å². The SMILES string of the molecule is CCNC(Cc1ccc(F)c(Cl)c1)c1ccc(F)c(C)c1. The summed E-state index contributed by atoms with van der Waals surface area (Å²) < 4.78 is 26.6. The molecule has 0 fully saturated rings. The maximum atomic E-state index is 13.4. The molecular weight excluding hydrogens is 292 g/mol. The molecule has 21 heavy (non-hydrogen) atoms. The Balaban J connectivity index is 2.25. The van der Waals surface area contributed by atoms with Crippen molar-refractivity contribution in [3.8, 4) is 0 Å². The second-order valence-electron chi connectivity index (χ2n) is 5.07. The molecule has 0 aliphatic rings. The summed E-state index contributed by atoms with van der Waals surface area (Å²) >= 11 is 5.82. The Bertz CT molecular complexity index is 628. The predicted molar refractivity (Wildman–Crippen MR) is 82.7 cm³/mol. The van der Waals surface area contributed by atoms with Crippen molar-refractivity contribution in [1.29, 1.82) is 0 Å². The van der Waals surface area contributed by atoms with E-state index in [2.05, 4.69) is 5.32 Å². The topological polar surface area (TPSA) is 12.0 Å². The van der Waals surface area contributed by atoms with Gasteiger partial charge in [0.1, 0.15) is 11.6 Å². The zero-order chi connectivity index (χ0) is 15.4. The summed E-state index contributed by atoms with van der Waals surface area (Å²) in [6.45, 7) is 4.55. The zero-order valence-electron chi connectivity index (χ0n) is 12.1. The number of aryl methyl sites for hydroxylation is 1. The van der Waals surface area contributed by atoms with E-state index < -0.39 is 5.82 Å². The minimum absolute atomic E-state index is 0.0378. The van der Waals surface area contributed by atoms with Gasteiger partial charge in [0.25, 0.3) is 0 Å². The minimum atomic E-state index is -0.418. The van der Waals surface area contributed by atoms with Gasteiger partial charge in [0.15, 0.2) is 0 Å². The molecule has 0 radical (unpaired) electrons. The smallest absolute Gasteiger partial charge is 0.141 e. The average Bonchev–Trinajstić information content (AvgIpc) is 2.45. The fraction of sp³-hybridized carbons (Fsp3) is 0.294. The number of nitrogens with one attached hydrogen (secondary N) is 1. The molecule has 0 amide bonds. The molecule has 1 unspecified atom stereocenters. The van der Waals surface area contributed by atoms with Crippen molar-refractivity contribution in [2.75, 3.05) is 6.54 Å². The van der Waals surface area contributed by atoms with Crippen molar-refractivity contribution >= 4 is 11.6 Å². The van der Waals surface area contributed by atoms with Gasteiger partial charge in [-0.2, -0.15) is 0 Å². The quantitative estimate of drug-likeness (QED) is 0.835. The van der Waals surface area contributed by atoms with E-state index in [0.29, 0.717) is 12.0 Å². The predicted octanol–water partition coefficient (Wildman–Crippen LogP) is 4.82. The van der Waals surface area contributed by atoms with Crippen LogP contribution in [0.4, 0.5) is 8.78 Å². The number of halogens is 3. The third kappa shape index (κ3) is 4.02. The molecule has 0 saturated heterocycles. The van der Waals surface area contributed by atoms with Gasteiger partial charge >= 0.3 is 0 Å². The van der Waals surface area contributed by atoms with Crippen LogP contribution in [0.3, 0.4) is 0 Å². The first-order valence-electron chi connectivity index (χ1n) is 6.94. The van der Waals surface area contributed by atoms with E-state index in [9.17, 15) is 8.78 Å². The van der Waals surface area contributed by atoms with Crippen molar-refractivity contribution in [3.63, 3.8) is 0 Å². The molecule has 4 heteroatoms. The summed E-state index contributed by atoms with van der Waals surface area (Å²) in [5.74, 6) is -0.628. The van der Waals surface area contributed by atoms with E-state index in [4.69, 9.17) is 11.6 Å². The highest BCUT2D eigenvalue weighted by Gasteiger charge is 2.13. The van der Waals surface area contributed by atoms with E-state index >= 15 is 0 Å². The summed E-state index contributed by atoms with van der Waals surface area (Å²) in [5, 5.41) is 3.49. The number of rotatable bonds is 5. The maximum Gasteiger partial charge on any atom is 0.141 e. The Labute approximate surface area is 128 Å². The Morgan fingerprint density at radius 3 is 2.43 bits per heavy atom. The molecule has 1 nitrogen and oxygen atoms in total. The fourth-order valence-electron chi connectivity index (χ4n) is 2.34. The lowest BCUT2D eigenvalue weighted by Crippen LogP contribution is -2.23. The van der Waals surface area contributed by atoms with Crippen LogP contribution in [0.2, 0.25) is 5.02 Å². The number of likely N-dealkylation sites (N-methyl/N-ethyl adjacent to an activating group) is 1. The second-order valence-corrected chi connectivity index (χ2v) is 5.48. The van der Waals surface area contributed by atoms with Gasteiger partial charge in [0, 0.05) is 6.04 Å². The van der Waals surface area contributed by atoms with Gasteiger partial charge in [0.2, 0.25) is 0 Å². The zero-order valence-corrected chi connectivity index (χ0v) is 12.8. The summed E-state index contributed by atoms with van der Waals surface area (Å²) in [6.07, 6.45) is 0.666. The standard InChI is InChI=1S/C17H18ClF2N/c1-3-21-17(13-5-7-15(19)11(2)8-13)10-12-4-6-16(20)14(18)9-12/h4-9,17,21H,3,10H2,1-2H3. The maximum absolute atomic E-state index is 13.4. The van der Waals surface area contributed by atoms with Crippen LogP contribution in [0.15, 0.2) is 36.4 Å². The summed E-state index contributed by atoms with van der Waals surface area (Å²) in [5.41, 5.74) is 2.57. The Hall–Kier alpha value is -1.45. The first kappa shape index (κ1) is 15.9. The number of hydrogen-bond donors (Lipinski definition) is 1. The first-order valence-corrected chi connectivity index (χ1v) is 7.32. The van der Waals surface area contributed by atoms with Gasteiger partial charge in [0.05, 0.1) is 5.02 Å². The third-order valence-electron chi connectivity index (χ3n) is 3.46. The average molecular weight is 310 g/mol. The first-order chi connectivity index (χ1) is 10.0. The molecule has 1 N–H and O–H groups in total. The van der Waals surface area contributed by atoms with Crippen LogP contribution in [0.1, 0.15) is 29.7 Å². The Kier molecular flexibility index (Phi) is 5.32. The van der Waals surface area contributed by atoms with Crippen molar-refractivity contribution in [3.05, 3.63) is 69.7 Å². The van der Waals surface area contributed by atoms with Gasteiger partial charge in [-0.25, -0.2) is 8.78 Å². The van der Waals surface area contributed by atoms with Crippen LogP contribution in [-0.2, 0) is 6.42 Å². The van der Waals surface area contributed by atoms with Crippen LogP contribution in [0, 0.1) is 18.6 Å². The summed E-state index contributed by atoms with van der Waals surface area (Å²) in [6, 6.07) is 9.87. The molecule has 0 saturated carbocycles. The molecule has 0 heterocycles. The molecule has 0 bridgehead atoms. The Morgan fingerprint density at radius 2 is 1.81 bits per heavy atom. The third-order valence-corrected chi connectivity index (χ3v) is 3.75. The van der Waals surface area contributed by atoms with Crippen molar-refractivity contribution in [1.82, 2.24) is 5.32 Å². The monoisotopic (exact) mass is 309 g/mol. The van der Waals surface area contributed by atoms with Crippen molar-refractivity contribution < 1.29 is 8.78 Å². The van der Waals surface area contributed by atoms with E-state index in [1.54, 1.807) is 25.1 Å². The molecule has 0 spiro atoms. The van der Waals surface area contributed by atoms with E-state index in [-0.39, 0.29) is 16.9 Å². The van der Waals surface area contributed by atoms with Gasteiger partial charge in [-0.3, -0.25) is 0 Å². The lowest BCUT2D eigenvalue weighted by molar-refractivity contribution is 0.545. The highest BCUT2D eigenvalue weighted by atomic mass is 35.5. The molecule has 0 aliphatic carbocycles.